The Morgan fingerprint density at radius 3 is 2.56 bits per heavy atom. The van der Waals surface area contributed by atoms with Crippen molar-refractivity contribution in [1.29, 1.82) is 0 Å². The summed E-state index contributed by atoms with van der Waals surface area (Å²) in [6.07, 6.45) is 0. The molecule has 0 radical (unpaired) electrons. The van der Waals surface area contributed by atoms with Gasteiger partial charge >= 0.3 is 0 Å². The molecule has 41 heavy (non-hydrogen) atoms. The highest BCUT2D eigenvalue weighted by Crippen LogP contribution is 2.48. The van der Waals surface area contributed by atoms with Gasteiger partial charge in [0.2, 0.25) is 6.79 Å². The SMILES string of the molecule is Cc1nn(-c2ccccc2)c2c1[C@H](c1cccc(Br)c1)N1C(=N2)C(Nc2ccc3c(c2)OCO3)=Nc2ccccc21. The molecule has 4 heterocycles. The standard InChI is InChI=1S/C32H23BrN6O2/c1-19-28-29(20-8-7-9-21(33)16-20)38-25-13-6-5-12-24(25)35-30(34-22-14-15-26-27(17-22)41-18-40-26)32(38)36-31(28)39(37-19)23-10-3-2-4-11-23/h2-17,29H,18H2,1H3,(H,34,35)/t29-/m0/s1. The number of anilines is 2. The third-order valence-corrected chi connectivity index (χ3v) is 7.93. The van der Waals surface area contributed by atoms with Crippen LogP contribution < -0.4 is 19.7 Å². The van der Waals surface area contributed by atoms with Crippen molar-refractivity contribution in [2.75, 3.05) is 17.0 Å². The van der Waals surface area contributed by atoms with Gasteiger partial charge in [-0.25, -0.2) is 14.7 Å². The van der Waals surface area contributed by atoms with Crippen molar-refractivity contribution in [2.45, 2.75) is 13.0 Å². The smallest absolute Gasteiger partial charge is 0.231 e. The number of aliphatic imine (C=N–C) groups is 2. The van der Waals surface area contributed by atoms with E-state index in [2.05, 4.69) is 57.3 Å². The van der Waals surface area contributed by atoms with Crippen LogP contribution in [0.4, 0.5) is 22.9 Å². The van der Waals surface area contributed by atoms with Gasteiger partial charge in [-0.2, -0.15) is 5.10 Å². The first-order valence-corrected chi connectivity index (χ1v) is 14.1. The quantitative estimate of drug-likeness (QED) is 0.232. The molecule has 0 fully saturated rings. The van der Waals surface area contributed by atoms with E-state index in [0.29, 0.717) is 17.4 Å². The van der Waals surface area contributed by atoms with Crippen molar-refractivity contribution in [3.63, 3.8) is 0 Å². The Bertz CT molecular complexity index is 1900. The lowest BCUT2D eigenvalue weighted by molar-refractivity contribution is 0.174. The Kier molecular flexibility index (Phi) is 5.46. The molecule has 0 spiro atoms. The Morgan fingerprint density at radius 1 is 0.854 bits per heavy atom. The predicted octanol–water partition coefficient (Wildman–Crippen LogP) is 7.47. The fraction of sp³-hybridized carbons (Fsp3) is 0.0938. The molecule has 0 bridgehead atoms. The minimum absolute atomic E-state index is 0.197. The molecule has 1 aromatic heterocycles. The average molecular weight is 603 g/mol. The molecule has 4 aromatic carbocycles. The van der Waals surface area contributed by atoms with Gasteiger partial charge in [0, 0.05) is 21.8 Å². The molecule has 8 nitrogen and oxygen atoms in total. The van der Waals surface area contributed by atoms with Gasteiger partial charge in [-0.15, -0.1) is 0 Å². The molecule has 200 valence electrons. The molecular formula is C32H23BrN6O2. The highest BCUT2D eigenvalue weighted by Gasteiger charge is 2.41. The minimum Gasteiger partial charge on any atom is -0.454 e. The van der Waals surface area contributed by atoms with Crippen LogP contribution in [0.15, 0.2) is 112 Å². The molecule has 9 heteroatoms. The summed E-state index contributed by atoms with van der Waals surface area (Å²) in [5.74, 6) is 3.54. The van der Waals surface area contributed by atoms with Gasteiger partial charge in [0.05, 0.1) is 28.8 Å². The topological polar surface area (TPSA) is 76.3 Å². The maximum atomic E-state index is 5.63. The number of benzene rings is 4. The zero-order valence-electron chi connectivity index (χ0n) is 22.0. The number of halogens is 1. The fourth-order valence-corrected chi connectivity index (χ4v) is 6.07. The number of fused-ring (bicyclic) bond motifs is 5. The molecule has 3 aliphatic rings. The highest BCUT2D eigenvalue weighted by atomic mass is 79.9. The first kappa shape index (κ1) is 24.0. The third kappa shape index (κ3) is 3.92. The maximum Gasteiger partial charge on any atom is 0.231 e. The van der Waals surface area contributed by atoms with E-state index in [0.717, 1.165) is 55.6 Å². The number of amidine groups is 2. The molecule has 0 aliphatic carbocycles. The van der Waals surface area contributed by atoms with E-state index in [4.69, 9.17) is 24.6 Å². The summed E-state index contributed by atoms with van der Waals surface area (Å²) in [4.78, 5) is 12.6. The van der Waals surface area contributed by atoms with E-state index < -0.39 is 0 Å². The number of hydrogen-bond acceptors (Lipinski definition) is 7. The predicted molar refractivity (Wildman–Crippen MR) is 164 cm³/mol. The summed E-state index contributed by atoms with van der Waals surface area (Å²) in [6, 6.07) is 32.3. The van der Waals surface area contributed by atoms with E-state index in [1.54, 1.807) is 0 Å². The van der Waals surface area contributed by atoms with Gasteiger partial charge in [0.25, 0.3) is 0 Å². The molecule has 0 unspecified atom stereocenters. The maximum absolute atomic E-state index is 5.63. The highest BCUT2D eigenvalue weighted by molar-refractivity contribution is 9.10. The van der Waals surface area contributed by atoms with E-state index in [9.17, 15) is 0 Å². The summed E-state index contributed by atoms with van der Waals surface area (Å²) in [7, 11) is 0. The lowest BCUT2D eigenvalue weighted by atomic mass is 9.93. The Hall–Kier alpha value is -4.89. The number of ether oxygens (including phenoxy) is 2. The lowest BCUT2D eigenvalue weighted by Crippen LogP contribution is -2.46. The van der Waals surface area contributed by atoms with Crippen molar-refractivity contribution in [2.24, 2.45) is 9.98 Å². The van der Waals surface area contributed by atoms with Crippen LogP contribution in [0.2, 0.25) is 0 Å². The lowest BCUT2D eigenvalue weighted by Gasteiger charge is -2.40. The van der Waals surface area contributed by atoms with Crippen molar-refractivity contribution in [3.05, 3.63) is 118 Å². The van der Waals surface area contributed by atoms with E-state index in [1.165, 1.54) is 0 Å². The second-order valence-electron chi connectivity index (χ2n) is 9.98. The number of nitrogens with one attached hydrogen (secondary N) is 1. The summed E-state index contributed by atoms with van der Waals surface area (Å²) in [5.41, 5.74) is 6.68. The van der Waals surface area contributed by atoms with Gasteiger partial charge in [0.15, 0.2) is 29.0 Å². The number of hydrogen-bond donors (Lipinski definition) is 1. The molecule has 1 atom stereocenters. The molecule has 0 amide bonds. The van der Waals surface area contributed by atoms with Crippen LogP contribution in [0.5, 0.6) is 11.5 Å². The molecule has 0 saturated heterocycles. The van der Waals surface area contributed by atoms with Crippen LogP contribution in [0.3, 0.4) is 0 Å². The Labute approximate surface area is 244 Å². The van der Waals surface area contributed by atoms with Crippen molar-refractivity contribution in [3.8, 4) is 17.2 Å². The average Bonchev–Trinajstić information content (AvgIpc) is 3.60. The van der Waals surface area contributed by atoms with Gasteiger partial charge < -0.3 is 19.7 Å². The number of nitrogens with zero attached hydrogens (tertiary/aromatic N) is 5. The number of aromatic nitrogens is 2. The molecule has 5 aromatic rings. The number of rotatable bonds is 3. The molecule has 3 aliphatic heterocycles. The first-order chi connectivity index (χ1) is 20.1. The summed E-state index contributed by atoms with van der Waals surface area (Å²) >= 11 is 3.70. The van der Waals surface area contributed by atoms with Crippen LogP contribution in [-0.2, 0) is 0 Å². The van der Waals surface area contributed by atoms with Crippen LogP contribution in [0.25, 0.3) is 5.69 Å². The molecule has 1 N–H and O–H groups in total. The zero-order valence-corrected chi connectivity index (χ0v) is 23.5. The summed E-state index contributed by atoms with van der Waals surface area (Å²) < 4.78 is 14.1. The minimum atomic E-state index is -0.197. The largest absolute Gasteiger partial charge is 0.454 e. The Balaban J connectivity index is 1.37. The van der Waals surface area contributed by atoms with Crippen molar-refractivity contribution >= 4 is 50.5 Å². The van der Waals surface area contributed by atoms with Crippen LogP contribution in [0, 0.1) is 6.92 Å². The molecular weight excluding hydrogens is 580 g/mol. The second-order valence-corrected chi connectivity index (χ2v) is 10.9. The summed E-state index contributed by atoms with van der Waals surface area (Å²) in [5, 5.41) is 8.54. The van der Waals surface area contributed by atoms with E-state index >= 15 is 0 Å². The van der Waals surface area contributed by atoms with Crippen LogP contribution in [-0.4, -0.2) is 28.2 Å². The number of para-hydroxylation sites is 3. The van der Waals surface area contributed by atoms with Crippen molar-refractivity contribution < 1.29 is 9.47 Å². The van der Waals surface area contributed by atoms with Crippen LogP contribution in [0.1, 0.15) is 22.9 Å². The zero-order chi connectivity index (χ0) is 27.5. The van der Waals surface area contributed by atoms with Crippen LogP contribution >= 0.6 is 15.9 Å². The summed E-state index contributed by atoms with van der Waals surface area (Å²) in [6.45, 7) is 2.27. The normalized spacial score (nSPS) is 16.3. The van der Waals surface area contributed by atoms with Gasteiger partial charge in [-0.05, 0) is 61.0 Å². The Morgan fingerprint density at radius 2 is 1.68 bits per heavy atom. The van der Waals surface area contributed by atoms with E-state index in [-0.39, 0.29) is 12.8 Å². The number of aryl methyl sites for hydroxylation is 1. The van der Waals surface area contributed by atoms with Crippen molar-refractivity contribution in [1.82, 2.24) is 9.78 Å². The van der Waals surface area contributed by atoms with Gasteiger partial charge in [-0.1, -0.05) is 58.4 Å². The van der Waals surface area contributed by atoms with Gasteiger partial charge in [-0.3, -0.25) is 0 Å². The molecule has 0 saturated carbocycles. The first-order valence-electron chi connectivity index (χ1n) is 13.3. The van der Waals surface area contributed by atoms with E-state index in [1.807, 2.05) is 77.5 Å². The third-order valence-electron chi connectivity index (χ3n) is 7.44. The monoisotopic (exact) mass is 602 g/mol. The fourth-order valence-electron chi connectivity index (χ4n) is 5.65. The van der Waals surface area contributed by atoms with Gasteiger partial charge in [0.1, 0.15) is 0 Å². The second kappa shape index (κ2) is 9.35. The molecule has 8 rings (SSSR count).